The fourth-order valence-electron chi connectivity index (χ4n) is 4.03. The van der Waals surface area contributed by atoms with E-state index >= 15 is 0 Å². The number of hydrogen-bond donors (Lipinski definition) is 0. The van der Waals surface area contributed by atoms with Crippen molar-refractivity contribution >= 4 is 0 Å². The maximum Gasteiger partial charge on any atom is -0.0203 e. The molecule has 0 nitrogen and oxygen atoms in total. The third-order valence-corrected chi connectivity index (χ3v) is 5.49. The third-order valence-electron chi connectivity index (χ3n) is 5.49. The first kappa shape index (κ1) is 11.2. The Balaban J connectivity index is 2.15. The van der Waals surface area contributed by atoms with Gasteiger partial charge in [0.25, 0.3) is 0 Å². The van der Waals surface area contributed by atoms with Gasteiger partial charge in [-0.2, -0.15) is 0 Å². The fourth-order valence-corrected chi connectivity index (χ4v) is 4.03. The summed E-state index contributed by atoms with van der Waals surface area (Å²) >= 11 is 0. The molecule has 0 aromatic rings. The molecule has 0 heteroatoms. The Morgan fingerprint density at radius 1 is 1.20 bits per heavy atom. The smallest absolute Gasteiger partial charge is 0.0203 e. The average molecular weight is 206 g/mol. The van der Waals surface area contributed by atoms with Crippen LogP contribution in [-0.2, 0) is 0 Å². The molecule has 4 atom stereocenters. The molecule has 0 bridgehead atoms. The van der Waals surface area contributed by atoms with E-state index in [-0.39, 0.29) is 0 Å². The monoisotopic (exact) mass is 206 g/mol. The topological polar surface area (TPSA) is 0 Å². The predicted molar refractivity (Wildman–Crippen MR) is 66.8 cm³/mol. The lowest BCUT2D eigenvalue weighted by Gasteiger charge is -2.52. The third kappa shape index (κ3) is 1.88. The van der Waals surface area contributed by atoms with Crippen molar-refractivity contribution in [2.24, 2.45) is 23.2 Å². The second-order valence-corrected chi connectivity index (χ2v) is 6.36. The lowest BCUT2D eigenvalue weighted by Crippen LogP contribution is -2.42. The molecule has 2 rings (SSSR count). The first-order valence-electron chi connectivity index (χ1n) is 6.69. The molecule has 0 N–H and O–H groups in total. The van der Waals surface area contributed by atoms with E-state index in [4.69, 9.17) is 0 Å². The standard InChI is InChI=1S/C15H26/c1-11(2)13-8-9-14-7-5-6-12(3)15(14,4)10-13/h12-14H,1,5-10H2,2-4H3/t12-,13+,14+,15+/m0/s1. The van der Waals surface area contributed by atoms with Crippen LogP contribution >= 0.6 is 0 Å². The van der Waals surface area contributed by atoms with Gasteiger partial charge in [-0.15, -0.1) is 0 Å². The summed E-state index contributed by atoms with van der Waals surface area (Å²) in [7, 11) is 0. The highest BCUT2D eigenvalue weighted by molar-refractivity contribution is 5.04. The van der Waals surface area contributed by atoms with Gasteiger partial charge in [0.05, 0.1) is 0 Å². The molecule has 0 aromatic carbocycles. The fraction of sp³-hybridized carbons (Fsp3) is 0.867. The molecule has 0 radical (unpaired) electrons. The zero-order valence-corrected chi connectivity index (χ0v) is 10.7. The molecule has 86 valence electrons. The molecule has 0 heterocycles. The van der Waals surface area contributed by atoms with Gasteiger partial charge in [0.1, 0.15) is 0 Å². The van der Waals surface area contributed by atoms with Crippen LogP contribution in [0.25, 0.3) is 0 Å². The maximum atomic E-state index is 4.17. The summed E-state index contributed by atoms with van der Waals surface area (Å²) in [6.45, 7) is 11.4. The van der Waals surface area contributed by atoms with Crippen molar-refractivity contribution in [2.45, 2.75) is 59.3 Å². The molecule has 0 aromatic heterocycles. The van der Waals surface area contributed by atoms with E-state index in [9.17, 15) is 0 Å². The Morgan fingerprint density at radius 3 is 2.60 bits per heavy atom. The molecule has 0 spiro atoms. The molecule has 0 unspecified atom stereocenters. The minimum atomic E-state index is 0.625. The van der Waals surface area contributed by atoms with Crippen LogP contribution in [0.1, 0.15) is 59.3 Å². The van der Waals surface area contributed by atoms with Crippen LogP contribution in [0.15, 0.2) is 12.2 Å². The van der Waals surface area contributed by atoms with Gasteiger partial charge in [-0.25, -0.2) is 0 Å². The van der Waals surface area contributed by atoms with E-state index in [0.717, 1.165) is 17.8 Å². The zero-order valence-electron chi connectivity index (χ0n) is 10.7. The Labute approximate surface area is 95.1 Å². The van der Waals surface area contributed by atoms with Gasteiger partial charge >= 0.3 is 0 Å². The van der Waals surface area contributed by atoms with Gasteiger partial charge in [0, 0.05) is 0 Å². The van der Waals surface area contributed by atoms with Crippen LogP contribution in [0.2, 0.25) is 0 Å². The van der Waals surface area contributed by atoms with Gasteiger partial charge < -0.3 is 0 Å². The zero-order chi connectivity index (χ0) is 11.1. The van der Waals surface area contributed by atoms with Crippen LogP contribution in [0, 0.1) is 23.2 Å². The van der Waals surface area contributed by atoms with Gasteiger partial charge in [-0.05, 0) is 55.8 Å². The van der Waals surface area contributed by atoms with Gasteiger partial charge in [0.2, 0.25) is 0 Å². The minimum Gasteiger partial charge on any atom is -0.0999 e. The van der Waals surface area contributed by atoms with Crippen molar-refractivity contribution in [1.82, 2.24) is 0 Å². The molecular formula is C15H26. The molecule has 0 saturated heterocycles. The average Bonchev–Trinajstić information content (AvgIpc) is 2.19. The highest BCUT2D eigenvalue weighted by Crippen LogP contribution is 2.55. The van der Waals surface area contributed by atoms with Crippen LogP contribution < -0.4 is 0 Å². The van der Waals surface area contributed by atoms with E-state index in [1.54, 1.807) is 0 Å². The largest absolute Gasteiger partial charge is 0.0999 e. The summed E-state index contributed by atoms with van der Waals surface area (Å²) in [5.74, 6) is 2.75. The Hall–Kier alpha value is -0.260. The minimum absolute atomic E-state index is 0.625. The van der Waals surface area contributed by atoms with Gasteiger partial charge in [0.15, 0.2) is 0 Å². The van der Waals surface area contributed by atoms with E-state index in [1.165, 1.54) is 44.1 Å². The van der Waals surface area contributed by atoms with E-state index in [2.05, 4.69) is 27.4 Å². The number of hydrogen-bond acceptors (Lipinski definition) is 0. The summed E-state index contributed by atoms with van der Waals surface area (Å²) in [4.78, 5) is 0. The first-order chi connectivity index (χ1) is 7.04. The Kier molecular flexibility index (Phi) is 2.96. The van der Waals surface area contributed by atoms with Crippen molar-refractivity contribution in [3.8, 4) is 0 Å². The normalized spacial score (nSPS) is 45.9. The summed E-state index contributed by atoms with van der Waals surface area (Å²) < 4.78 is 0. The molecule has 15 heavy (non-hydrogen) atoms. The summed E-state index contributed by atoms with van der Waals surface area (Å²) in [6.07, 6.45) is 8.69. The van der Waals surface area contributed by atoms with Crippen molar-refractivity contribution in [3.05, 3.63) is 12.2 Å². The molecule has 2 aliphatic carbocycles. The highest BCUT2D eigenvalue weighted by Gasteiger charge is 2.45. The summed E-state index contributed by atoms with van der Waals surface area (Å²) in [5.41, 5.74) is 2.05. The number of rotatable bonds is 1. The SMILES string of the molecule is C=C(C)[C@@H]1CC[C@H]2CCC[C@H](C)[C@@]2(C)C1. The summed E-state index contributed by atoms with van der Waals surface area (Å²) in [6, 6.07) is 0. The van der Waals surface area contributed by atoms with Crippen molar-refractivity contribution in [1.29, 1.82) is 0 Å². The van der Waals surface area contributed by atoms with Crippen LogP contribution in [-0.4, -0.2) is 0 Å². The Morgan fingerprint density at radius 2 is 1.93 bits per heavy atom. The van der Waals surface area contributed by atoms with Crippen LogP contribution in [0.5, 0.6) is 0 Å². The lowest BCUT2D eigenvalue weighted by atomic mass is 9.53. The van der Waals surface area contributed by atoms with E-state index < -0.39 is 0 Å². The van der Waals surface area contributed by atoms with Crippen molar-refractivity contribution < 1.29 is 0 Å². The molecule has 2 aliphatic rings. The second kappa shape index (κ2) is 3.96. The van der Waals surface area contributed by atoms with Crippen molar-refractivity contribution in [2.75, 3.05) is 0 Å². The predicted octanol–water partition coefficient (Wildman–Crippen LogP) is 4.81. The molecule has 0 aliphatic heterocycles. The first-order valence-corrected chi connectivity index (χ1v) is 6.69. The molecule has 2 fully saturated rings. The molecule has 0 amide bonds. The van der Waals surface area contributed by atoms with E-state index in [1.807, 2.05) is 0 Å². The van der Waals surface area contributed by atoms with Crippen LogP contribution in [0.4, 0.5) is 0 Å². The van der Waals surface area contributed by atoms with E-state index in [0.29, 0.717) is 5.41 Å². The Bertz CT molecular complexity index is 253. The summed E-state index contributed by atoms with van der Waals surface area (Å²) in [5, 5.41) is 0. The van der Waals surface area contributed by atoms with Crippen molar-refractivity contribution in [3.63, 3.8) is 0 Å². The number of fused-ring (bicyclic) bond motifs is 1. The second-order valence-electron chi connectivity index (χ2n) is 6.36. The molecular weight excluding hydrogens is 180 g/mol. The van der Waals surface area contributed by atoms with Crippen LogP contribution in [0.3, 0.4) is 0 Å². The molecule has 2 saturated carbocycles. The quantitative estimate of drug-likeness (QED) is 0.540. The van der Waals surface area contributed by atoms with Gasteiger partial charge in [-0.3, -0.25) is 0 Å². The lowest BCUT2D eigenvalue weighted by molar-refractivity contribution is -0.00613. The van der Waals surface area contributed by atoms with Gasteiger partial charge in [-0.1, -0.05) is 38.8 Å². The number of allylic oxidation sites excluding steroid dienone is 1. The maximum absolute atomic E-state index is 4.17. The highest BCUT2D eigenvalue weighted by atomic mass is 14.5.